The van der Waals surface area contributed by atoms with E-state index in [0.717, 1.165) is 49.7 Å². The SMILES string of the molecule is C=C(c1ccc(NC(=O)c2ncc(-c3cn(CC4CC(F)(F)C4)nc3C(C)(F)F)n2C)cc1C)N1CCN(C(=O)C2CCNCC2)CC1. The highest BCUT2D eigenvalue weighted by Crippen LogP contribution is 2.43. The maximum Gasteiger partial charge on any atom is 0.291 e. The Kier molecular flexibility index (Phi) is 9.14. The van der Waals surface area contributed by atoms with Crippen LogP contribution in [0.5, 0.6) is 0 Å². The molecule has 3 aromatic rings. The molecule has 3 fully saturated rings. The largest absolute Gasteiger partial charge is 0.368 e. The molecule has 6 rings (SSSR count). The van der Waals surface area contributed by atoms with Crippen LogP contribution in [0.3, 0.4) is 0 Å². The lowest BCUT2D eigenvalue weighted by atomic mass is 9.81. The van der Waals surface area contributed by atoms with Crippen LogP contribution in [0.1, 0.15) is 60.0 Å². The molecule has 2 aromatic heterocycles. The molecule has 1 saturated carbocycles. The Morgan fingerprint density at radius 2 is 1.77 bits per heavy atom. The van der Waals surface area contributed by atoms with Crippen molar-refractivity contribution < 1.29 is 27.2 Å². The quantitative estimate of drug-likeness (QED) is 0.307. The molecule has 2 aliphatic heterocycles. The molecule has 0 radical (unpaired) electrons. The minimum Gasteiger partial charge on any atom is -0.368 e. The zero-order valence-corrected chi connectivity index (χ0v) is 27.5. The average molecular weight is 671 g/mol. The Morgan fingerprint density at radius 3 is 2.40 bits per heavy atom. The molecule has 14 heteroatoms. The number of aryl methyl sites for hydroxylation is 1. The highest BCUT2D eigenvalue weighted by atomic mass is 19.3. The summed E-state index contributed by atoms with van der Waals surface area (Å²) >= 11 is 0. The summed E-state index contributed by atoms with van der Waals surface area (Å²) in [6.45, 7) is 11.5. The highest BCUT2D eigenvalue weighted by molar-refractivity contribution is 6.02. The fourth-order valence-corrected chi connectivity index (χ4v) is 7.02. The van der Waals surface area contributed by atoms with Crippen molar-refractivity contribution in [3.8, 4) is 11.3 Å². The van der Waals surface area contributed by atoms with E-state index in [2.05, 4.69) is 32.2 Å². The second-order valence-corrected chi connectivity index (χ2v) is 13.4. The normalized spacial score (nSPS) is 18.9. The molecule has 258 valence electrons. The number of amides is 2. The number of rotatable bonds is 9. The number of carbonyl (C=O) groups excluding carboxylic acids is 2. The van der Waals surface area contributed by atoms with E-state index in [4.69, 9.17) is 0 Å². The lowest BCUT2D eigenvalue weighted by molar-refractivity contribution is -0.137. The maximum atomic E-state index is 14.6. The molecule has 1 aromatic carbocycles. The first-order valence-electron chi connectivity index (χ1n) is 16.4. The van der Waals surface area contributed by atoms with Crippen molar-refractivity contribution in [3.63, 3.8) is 0 Å². The van der Waals surface area contributed by atoms with Crippen molar-refractivity contribution in [2.45, 2.75) is 57.9 Å². The molecule has 2 N–H and O–H groups in total. The van der Waals surface area contributed by atoms with Gasteiger partial charge in [-0.1, -0.05) is 12.6 Å². The number of imidazole rings is 1. The Hall–Kier alpha value is -4.20. The molecule has 0 atom stereocenters. The smallest absolute Gasteiger partial charge is 0.291 e. The molecule has 2 amide bonds. The first kappa shape index (κ1) is 33.7. The number of hydrogen-bond donors (Lipinski definition) is 2. The molecule has 0 spiro atoms. The van der Waals surface area contributed by atoms with E-state index in [9.17, 15) is 27.2 Å². The van der Waals surface area contributed by atoms with Gasteiger partial charge in [0.2, 0.25) is 11.8 Å². The van der Waals surface area contributed by atoms with Crippen molar-refractivity contribution in [3.05, 3.63) is 59.8 Å². The van der Waals surface area contributed by atoms with E-state index in [1.54, 1.807) is 13.1 Å². The average Bonchev–Trinajstić information content (AvgIpc) is 3.63. The van der Waals surface area contributed by atoms with Crippen LogP contribution in [0.2, 0.25) is 0 Å². The number of nitrogens with zero attached hydrogens (tertiary/aromatic N) is 6. The van der Waals surface area contributed by atoms with Crippen LogP contribution in [0.15, 0.2) is 37.2 Å². The van der Waals surface area contributed by atoms with Crippen molar-refractivity contribution in [2.24, 2.45) is 18.9 Å². The van der Waals surface area contributed by atoms with E-state index in [1.165, 1.54) is 21.6 Å². The third-order valence-electron chi connectivity index (χ3n) is 9.72. The number of hydrogen-bond acceptors (Lipinski definition) is 6. The van der Waals surface area contributed by atoms with Gasteiger partial charge < -0.3 is 25.0 Å². The number of halogens is 4. The number of alkyl halides is 4. The van der Waals surface area contributed by atoms with Crippen LogP contribution < -0.4 is 10.6 Å². The van der Waals surface area contributed by atoms with E-state index >= 15 is 0 Å². The molecule has 4 heterocycles. The molecular formula is C34H42F4N8O2. The predicted octanol–water partition coefficient (Wildman–Crippen LogP) is 5.12. The van der Waals surface area contributed by atoms with Gasteiger partial charge in [-0.15, -0.1) is 0 Å². The minimum atomic E-state index is -3.31. The monoisotopic (exact) mass is 670 g/mol. The topological polar surface area (TPSA) is 100 Å². The fourth-order valence-electron chi connectivity index (χ4n) is 7.02. The molecule has 1 aliphatic carbocycles. The summed E-state index contributed by atoms with van der Waals surface area (Å²) in [7, 11) is 1.55. The number of benzene rings is 1. The van der Waals surface area contributed by atoms with Crippen LogP contribution in [-0.2, 0) is 24.3 Å². The van der Waals surface area contributed by atoms with Crippen molar-refractivity contribution in [1.29, 1.82) is 0 Å². The molecule has 2 saturated heterocycles. The van der Waals surface area contributed by atoms with Crippen LogP contribution >= 0.6 is 0 Å². The zero-order valence-electron chi connectivity index (χ0n) is 27.5. The third kappa shape index (κ3) is 6.99. The van der Waals surface area contributed by atoms with Crippen LogP contribution in [0.4, 0.5) is 23.2 Å². The standard InChI is InChI=1S/C34H42F4N8O2/c1-21-15-25(5-6-26(21)22(2)44-11-13-45(14-12-44)32(48)24-7-9-39-10-8-24)41-31(47)30-40-18-28(43(30)4)27-20-46(42-29(27)33(3,35)36)19-23-16-34(37,38)17-23/h5-6,15,18,20,23-24,39H,2,7-14,16-17,19H2,1,3-4H3,(H,41,47). The lowest BCUT2D eigenvalue weighted by Crippen LogP contribution is -2.50. The summed E-state index contributed by atoms with van der Waals surface area (Å²) in [5.41, 5.74) is 3.04. The number of piperidine rings is 1. The molecule has 0 unspecified atom stereocenters. The molecule has 48 heavy (non-hydrogen) atoms. The third-order valence-corrected chi connectivity index (χ3v) is 9.72. The Labute approximate surface area is 277 Å². The van der Waals surface area contributed by atoms with Gasteiger partial charge in [0.05, 0.1) is 11.9 Å². The summed E-state index contributed by atoms with van der Waals surface area (Å²) in [4.78, 5) is 34.6. The van der Waals surface area contributed by atoms with Gasteiger partial charge in [-0.2, -0.15) is 13.9 Å². The van der Waals surface area contributed by atoms with Crippen molar-refractivity contribution >= 4 is 23.2 Å². The van der Waals surface area contributed by atoms with Gasteiger partial charge in [0.25, 0.3) is 11.8 Å². The first-order chi connectivity index (χ1) is 22.7. The molecule has 0 bridgehead atoms. The van der Waals surface area contributed by atoms with E-state index in [1.807, 2.05) is 24.0 Å². The Balaban J connectivity index is 1.10. The zero-order chi connectivity index (χ0) is 34.4. The number of anilines is 1. The lowest BCUT2D eigenvalue weighted by Gasteiger charge is -2.39. The molecule has 3 aliphatic rings. The van der Waals surface area contributed by atoms with Gasteiger partial charge in [-0.3, -0.25) is 14.3 Å². The maximum absolute atomic E-state index is 14.6. The number of aromatic nitrogens is 4. The van der Waals surface area contributed by atoms with Gasteiger partial charge in [0.15, 0.2) is 5.82 Å². The molecule has 10 nitrogen and oxygen atoms in total. The van der Waals surface area contributed by atoms with Gasteiger partial charge in [-0.05, 0) is 56.5 Å². The number of piperazine rings is 1. The summed E-state index contributed by atoms with van der Waals surface area (Å²) in [5, 5.41) is 10.2. The van der Waals surface area contributed by atoms with E-state index in [0.29, 0.717) is 31.9 Å². The Bertz CT molecular complexity index is 1690. The molecular weight excluding hydrogens is 628 g/mol. The van der Waals surface area contributed by atoms with Crippen LogP contribution in [-0.4, -0.2) is 86.1 Å². The number of nitrogens with one attached hydrogen (secondary N) is 2. The van der Waals surface area contributed by atoms with E-state index in [-0.39, 0.29) is 54.2 Å². The summed E-state index contributed by atoms with van der Waals surface area (Å²) in [6, 6.07) is 5.50. The minimum absolute atomic E-state index is 0.00445. The van der Waals surface area contributed by atoms with Gasteiger partial charge >= 0.3 is 0 Å². The second-order valence-electron chi connectivity index (χ2n) is 13.4. The predicted molar refractivity (Wildman–Crippen MR) is 174 cm³/mol. The Morgan fingerprint density at radius 1 is 1.10 bits per heavy atom. The van der Waals surface area contributed by atoms with Crippen molar-refractivity contribution in [1.82, 2.24) is 34.4 Å². The van der Waals surface area contributed by atoms with Gasteiger partial charge in [0.1, 0.15) is 5.69 Å². The number of carbonyl (C=O) groups is 2. The van der Waals surface area contributed by atoms with Gasteiger partial charge in [-0.25, -0.2) is 13.8 Å². The second kappa shape index (κ2) is 13.0. The fraction of sp³-hybridized carbons (Fsp3) is 0.529. The van der Waals surface area contributed by atoms with Gasteiger partial charge in [0, 0.05) is 94.2 Å². The van der Waals surface area contributed by atoms with E-state index < -0.39 is 23.4 Å². The summed E-state index contributed by atoms with van der Waals surface area (Å²) in [5.74, 6) is -6.56. The van der Waals surface area contributed by atoms with Crippen LogP contribution in [0.25, 0.3) is 17.0 Å². The summed E-state index contributed by atoms with van der Waals surface area (Å²) < 4.78 is 58.6. The summed E-state index contributed by atoms with van der Waals surface area (Å²) in [6.07, 6.45) is 3.90. The van der Waals surface area contributed by atoms with Crippen LogP contribution in [0, 0.1) is 18.8 Å². The highest BCUT2D eigenvalue weighted by Gasteiger charge is 2.45. The first-order valence-corrected chi connectivity index (χ1v) is 16.4. The van der Waals surface area contributed by atoms with Crippen molar-refractivity contribution in [2.75, 3.05) is 44.6 Å².